The Kier molecular flexibility index (Phi) is 1.65. The summed E-state index contributed by atoms with van der Waals surface area (Å²) in [5.74, 6) is 0. The van der Waals surface area contributed by atoms with Crippen LogP contribution in [-0.4, -0.2) is 16.6 Å². The molecule has 5 heteroatoms. The second-order valence-electron chi connectivity index (χ2n) is 2.31. The van der Waals surface area contributed by atoms with Crippen LogP contribution in [0.3, 0.4) is 0 Å². The summed E-state index contributed by atoms with van der Waals surface area (Å²) in [6, 6.07) is 3.75. The molecule has 0 saturated carbocycles. The molecule has 0 aliphatic rings. The summed E-state index contributed by atoms with van der Waals surface area (Å²) in [4.78, 5) is 0.998. The number of anilines is 1. The maximum absolute atomic E-state index is 5.79. The highest BCUT2D eigenvalue weighted by molar-refractivity contribution is 7.98. The van der Waals surface area contributed by atoms with E-state index in [0.717, 1.165) is 4.90 Å². The molecule has 0 saturated heterocycles. The van der Waals surface area contributed by atoms with Gasteiger partial charge in [-0.3, -0.25) is 0 Å². The molecule has 0 amide bonds. The van der Waals surface area contributed by atoms with Crippen LogP contribution in [-0.2, 0) is 0 Å². The first-order valence-corrected chi connectivity index (χ1v) is 4.60. The van der Waals surface area contributed by atoms with Gasteiger partial charge in [-0.15, -0.1) is 11.8 Å². The third-order valence-electron chi connectivity index (χ3n) is 1.65. The zero-order valence-corrected chi connectivity index (χ0v) is 7.26. The van der Waals surface area contributed by atoms with Crippen molar-refractivity contribution in [1.29, 1.82) is 0 Å². The molecule has 0 bridgehead atoms. The summed E-state index contributed by atoms with van der Waals surface area (Å²) >= 11 is 1.58. The molecule has 0 unspecified atom stereocenters. The normalized spacial score (nSPS) is 10.8. The standard InChI is InChI=1S/C7H7N3OS/c1-12-5-3-2-4-7(6(5)8)10-11-9-4/h2-3H,8H2,1H3. The van der Waals surface area contributed by atoms with Crippen molar-refractivity contribution in [3.05, 3.63) is 12.1 Å². The number of hydrogen-bond donors (Lipinski definition) is 1. The van der Waals surface area contributed by atoms with Crippen LogP contribution >= 0.6 is 11.8 Å². The number of benzene rings is 1. The highest BCUT2D eigenvalue weighted by atomic mass is 32.2. The number of thioether (sulfide) groups is 1. The van der Waals surface area contributed by atoms with Crippen molar-refractivity contribution in [3.8, 4) is 0 Å². The van der Waals surface area contributed by atoms with E-state index in [1.807, 2.05) is 18.4 Å². The minimum atomic E-state index is 0.640. The Hall–Kier alpha value is -1.23. The molecule has 2 aromatic rings. The lowest BCUT2D eigenvalue weighted by Crippen LogP contribution is -1.89. The molecule has 12 heavy (non-hydrogen) atoms. The van der Waals surface area contributed by atoms with Crippen LogP contribution in [0, 0.1) is 0 Å². The van der Waals surface area contributed by atoms with Crippen molar-refractivity contribution < 1.29 is 4.63 Å². The van der Waals surface area contributed by atoms with Crippen LogP contribution in [0.25, 0.3) is 11.0 Å². The van der Waals surface area contributed by atoms with Gasteiger partial charge in [-0.1, -0.05) is 0 Å². The van der Waals surface area contributed by atoms with E-state index >= 15 is 0 Å². The SMILES string of the molecule is CSc1ccc2nonc2c1N. The third kappa shape index (κ3) is 0.937. The highest BCUT2D eigenvalue weighted by Gasteiger charge is 2.07. The second kappa shape index (κ2) is 2.67. The molecule has 62 valence electrons. The van der Waals surface area contributed by atoms with Gasteiger partial charge in [0.25, 0.3) is 0 Å². The van der Waals surface area contributed by atoms with E-state index in [1.165, 1.54) is 0 Å². The molecule has 0 aliphatic heterocycles. The molecule has 4 nitrogen and oxygen atoms in total. The average molecular weight is 181 g/mol. The van der Waals surface area contributed by atoms with Gasteiger partial charge in [-0.25, -0.2) is 4.63 Å². The van der Waals surface area contributed by atoms with Gasteiger partial charge in [-0.05, 0) is 28.7 Å². The molecule has 0 spiro atoms. The molecule has 0 radical (unpaired) electrons. The Morgan fingerprint density at radius 3 is 3.00 bits per heavy atom. The van der Waals surface area contributed by atoms with Gasteiger partial charge in [0.15, 0.2) is 5.52 Å². The van der Waals surface area contributed by atoms with Crippen LogP contribution in [0.1, 0.15) is 0 Å². The van der Waals surface area contributed by atoms with Crippen molar-refractivity contribution in [2.24, 2.45) is 0 Å². The van der Waals surface area contributed by atoms with Gasteiger partial charge in [0.1, 0.15) is 5.52 Å². The summed E-state index contributed by atoms with van der Waals surface area (Å²) in [6.07, 6.45) is 1.96. The molecule has 2 N–H and O–H groups in total. The molecule has 1 heterocycles. The summed E-state index contributed by atoms with van der Waals surface area (Å²) in [5.41, 5.74) is 7.77. The maximum atomic E-state index is 5.79. The number of nitrogen functional groups attached to an aromatic ring is 1. The molecule has 0 fully saturated rings. The Labute approximate surface area is 73.1 Å². The molecular formula is C7H7N3OS. The highest BCUT2D eigenvalue weighted by Crippen LogP contribution is 2.28. The van der Waals surface area contributed by atoms with Crippen LogP contribution in [0.4, 0.5) is 5.69 Å². The number of nitrogens with zero attached hydrogens (tertiary/aromatic N) is 2. The van der Waals surface area contributed by atoms with Crippen molar-refractivity contribution >= 4 is 28.5 Å². The quantitative estimate of drug-likeness (QED) is 0.533. The Morgan fingerprint density at radius 1 is 1.42 bits per heavy atom. The lowest BCUT2D eigenvalue weighted by molar-refractivity contribution is 0.315. The van der Waals surface area contributed by atoms with Gasteiger partial charge >= 0.3 is 0 Å². The van der Waals surface area contributed by atoms with Crippen molar-refractivity contribution in [1.82, 2.24) is 10.3 Å². The molecular weight excluding hydrogens is 174 g/mol. The van der Waals surface area contributed by atoms with E-state index in [4.69, 9.17) is 5.73 Å². The van der Waals surface area contributed by atoms with Crippen molar-refractivity contribution in [3.63, 3.8) is 0 Å². The minimum absolute atomic E-state index is 0.640. The molecule has 0 atom stereocenters. The molecule has 1 aromatic heterocycles. The summed E-state index contributed by atoms with van der Waals surface area (Å²) < 4.78 is 4.56. The average Bonchev–Trinajstić information content (AvgIpc) is 2.53. The van der Waals surface area contributed by atoms with Gasteiger partial charge in [0.05, 0.1) is 5.69 Å². The number of rotatable bonds is 1. The smallest absolute Gasteiger partial charge is 0.159 e. The first-order valence-electron chi connectivity index (χ1n) is 3.37. The monoisotopic (exact) mass is 181 g/mol. The van der Waals surface area contributed by atoms with E-state index in [2.05, 4.69) is 14.9 Å². The lowest BCUT2D eigenvalue weighted by Gasteiger charge is -1.99. The Balaban J connectivity index is 2.78. The van der Waals surface area contributed by atoms with Gasteiger partial charge in [0, 0.05) is 4.90 Å². The number of hydrogen-bond acceptors (Lipinski definition) is 5. The van der Waals surface area contributed by atoms with Gasteiger partial charge in [0.2, 0.25) is 0 Å². The first-order chi connectivity index (χ1) is 5.83. The number of fused-ring (bicyclic) bond motifs is 1. The fourth-order valence-electron chi connectivity index (χ4n) is 1.03. The predicted molar refractivity (Wildman–Crippen MR) is 48.0 cm³/mol. The third-order valence-corrected chi connectivity index (χ3v) is 2.44. The topological polar surface area (TPSA) is 64.9 Å². The lowest BCUT2D eigenvalue weighted by atomic mass is 10.3. The maximum Gasteiger partial charge on any atom is 0.159 e. The largest absolute Gasteiger partial charge is 0.396 e. The van der Waals surface area contributed by atoms with Crippen LogP contribution in [0.2, 0.25) is 0 Å². The van der Waals surface area contributed by atoms with E-state index in [1.54, 1.807) is 11.8 Å². The van der Waals surface area contributed by atoms with Gasteiger partial charge in [-0.2, -0.15) is 0 Å². The molecule has 0 aliphatic carbocycles. The Morgan fingerprint density at radius 2 is 2.25 bits per heavy atom. The van der Waals surface area contributed by atoms with Crippen molar-refractivity contribution in [2.45, 2.75) is 4.90 Å². The van der Waals surface area contributed by atoms with E-state index in [-0.39, 0.29) is 0 Å². The zero-order valence-electron chi connectivity index (χ0n) is 6.44. The van der Waals surface area contributed by atoms with E-state index in [0.29, 0.717) is 16.7 Å². The molecule has 1 aromatic carbocycles. The van der Waals surface area contributed by atoms with Crippen LogP contribution in [0.5, 0.6) is 0 Å². The fraction of sp³-hybridized carbons (Fsp3) is 0.143. The van der Waals surface area contributed by atoms with Crippen LogP contribution in [0.15, 0.2) is 21.7 Å². The fourth-order valence-corrected chi connectivity index (χ4v) is 1.55. The Bertz CT molecular complexity index is 412. The number of aromatic nitrogens is 2. The predicted octanol–water partition coefficient (Wildman–Crippen LogP) is 1.53. The minimum Gasteiger partial charge on any atom is -0.396 e. The van der Waals surface area contributed by atoms with E-state index < -0.39 is 0 Å². The second-order valence-corrected chi connectivity index (χ2v) is 3.16. The van der Waals surface area contributed by atoms with E-state index in [9.17, 15) is 0 Å². The van der Waals surface area contributed by atoms with Crippen molar-refractivity contribution in [2.75, 3.05) is 12.0 Å². The summed E-state index contributed by atoms with van der Waals surface area (Å²) in [6.45, 7) is 0. The molecule has 2 rings (SSSR count). The van der Waals surface area contributed by atoms with Gasteiger partial charge < -0.3 is 5.73 Å². The summed E-state index contributed by atoms with van der Waals surface area (Å²) in [7, 11) is 0. The zero-order chi connectivity index (χ0) is 8.55. The van der Waals surface area contributed by atoms with Crippen LogP contribution < -0.4 is 5.73 Å². The number of nitrogens with two attached hydrogens (primary N) is 1. The summed E-state index contributed by atoms with van der Waals surface area (Å²) in [5, 5.41) is 7.38. The first kappa shape index (κ1) is 7.42.